The lowest BCUT2D eigenvalue weighted by Gasteiger charge is -2.16. The highest BCUT2D eigenvalue weighted by Gasteiger charge is 2.48. The van der Waals surface area contributed by atoms with Crippen LogP contribution in [0.4, 0.5) is 5.95 Å². The summed E-state index contributed by atoms with van der Waals surface area (Å²) in [5.41, 5.74) is 9.58. The predicted molar refractivity (Wildman–Crippen MR) is 100 cm³/mol. The maximum absolute atomic E-state index is 12.3. The molecule has 0 aliphatic carbocycles. The van der Waals surface area contributed by atoms with Crippen molar-refractivity contribution in [2.45, 2.75) is 24.5 Å². The summed E-state index contributed by atoms with van der Waals surface area (Å²) in [6.45, 7) is 0. The van der Waals surface area contributed by atoms with Crippen LogP contribution in [0.5, 0.6) is 0 Å². The lowest BCUT2D eigenvalue weighted by molar-refractivity contribution is -0.152. The predicted octanol–water partition coefficient (Wildman–Crippen LogP) is 1.10. The van der Waals surface area contributed by atoms with Gasteiger partial charge in [-0.15, -0.1) is 0 Å². The van der Waals surface area contributed by atoms with E-state index in [-0.39, 0.29) is 11.6 Å². The van der Waals surface area contributed by atoms with Gasteiger partial charge in [-0.05, 0) is 17.7 Å². The van der Waals surface area contributed by atoms with Gasteiger partial charge < -0.3 is 14.9 Å². The van der Waals surface area contributed by atoms with Gasteiger partial charge in [-0.25, -0.2) is 14.8 Å². The molecule has 3 N–H and O–H groups in total. The molecule has 30 heavy (non-hydrogen) atoms. The number of hydrogen-bond donors (Lipinski definition) is 3. The number of hydrogen-bond acceptors (Lipinski definition) is 8. The van der Waals surface area contributed by atoms with E-state index in [0.29, 0.717) is 11.1 Å². The number of aliphatic hydroxyl groups excluding tert-OH is 1. The number of aromatic nitrogens is 4. The number of rotatable bonds is 5. The number of aliphatic carboxylic acids is 1. The summed E-state index contributed by atoms with van der Waals surface area (Å²) in [5.74, 6) is -1.83. The van der Waals surface area contributed by atoms with Crippen LogP contribution < -0.4 is 5.32 Å². The number of nitrogens with zero attached hydrogens (tertiary/aromatic N) is 7. The molecule has 2 aromatic heterocycles. The van der Waals surface area contributed by atoms with Gasteiger partial charge in [0.05, 0.1) is 12.5 Å². The van der Waals surface area contributed by atoms with Crippen LogP contribution in [-0.4, -0.2) is 59.9 Å². The SMILES string of the molecule is [N-]=[N+]=N[C@H]1[C@@H](O)[C@H](n2cnc3cnc(NC(=O)c4ccccc4)nc32)O[C@@H]1C(=O)O. The summed E-state index contributed by atoms with van der Waals surface area (Å²) in [5, 5.41) is 25.7. The molecule has 152 valence electrons. The first-order valence-electron chi connectivity index (χ1n) is 8.66. The van der Waals surface area contributed by atoms with Crippen LogP contribution >= 0.6 is 0 Å². The number of ether oxygens (including phenoxy) is 1. The molecule has 4 atom stereocenters. The van der Waals surface area contributed by atoms with Crippen molar-refractivity contribution in [1.82, 2.24) is 19.5 Å². The summed E-state index contributed by atoms with van der Waals surface area (Å²) >= 11 is 0. The summed E-state index contributed by atoms with van der Waals surface area (Å²) < 4.78 is 6.70. The molecule has 13 nitrogen and oxygen atoms in total. The molecular weight excluding hydrogens is 396 g/mol. The highest BCUT2D eigenvalue weighted by Crippen LogP contribution is 2.33. The van der Waals surface area contributed by atoms with Gasteiger partial charge >= 0.3 is 5.97 Å². The fourth-order valence-corrected chi connectivity index (χ4v) is 3.12. The van der Waals surface area contributed by atoms with Crippen molar-refractivity contribution >= 4 is 29.0 Å². The van der Waals surface area contributed by atoms with Gasteiger partial charge in [-0.3, -0.25) is 14.7 Å². The van der Waals surface area contributed by atoms with Gasteiger partial charge in [-0.2, -0.15) is 4.98 Å². The van der Waals surface area contributed by atoms with Crippen LogP contribution in [0.2, 0.25) is 0 Å². The number of carboxylic acid groups (broad SMARTS) is 1. The molecule has 1 saturated heterocycles. The zero-order chi connectivity index (χ0) is 21.3. The average molecular weight is 410 g/mol. The summed E-state index contributed by atoms with van der Waals surface area (Å²) in [7, 11) is 0. The largest absolute Gasteiger partial charge is 0.479 e. The molecule has 3 aromatic rings. The number of nitrogens with one attached hydrogen (secondary N) is 1. The number of benzene rings is 1. The minimum atomic E-state index is -1.54. The summed E-state index contributed by atoms with van der Waals surface area (Å²) in [6.07, 6.45) is -1.58. The van der Waals surface area contributed by atoms with Gasteiger partial charge in [0.15, 0.2) is 18.0 Å². The lowest BCUT2D eigenvalue weighted by Crippen LogP contribution is -2.34. The summed E-state index contributed by atoms with van der Waals surface area (Å²) in [6, 6.07) is 7.12. The Bertz CT molecular complexity index is 1160. The van der Waals surface area contributed by atoms with Crippen LogP contribution in [0.1, 0.15) is 16.6 Å². The van der Waals surface area contributed by atoms with Crippen LogP contribution in [0.15, 0.2) is 48.0 Å². The average Bonchev–Trinajstić information content (AvgIpc) is 3.30. The van der Waals surface area contributed by atoms with E-state index >= 15 is 0 Å². The van der Waals surface area contributed by atoms with E-state index in [1.165, 1.54) is 17.1 Å². The molecule has 0 radical (unpaired) electrons. The van der Waals surface area contributed by atoms with Crippen molar-refractivity contribution in [2.24, 2.45) is 5.11 Å². The van der Waals surface area contributed by atoms with Gasteiger partial charge in [0.1, 0.15) is 17.7 Å². The molecule has 13 heteroatoms. The Morgan fingerprint density at radius 1 is 1.27 bits per heavy atom. The Balaban J connectivity index is 1.66. The molecular formula is C17H14N8O5. The van der Waals surface area contributed by atoms with Gasteiger partial charge in [-0.1, -0.05) is 23.3 Å². The maximum Gasteiger partial charge on any atom is 0.333 e. The van der Waals surface area contributed by atoms with Crippen LogP contribution in [0.25, 0.3) is 21.6 Å². The molecule has 1 fully saturated rings. The van der Waals surface area contributed by atoms with E-state index < -0.39 is 36.4 Å². The number of carboxylic acids is 1. The first-order valence-corrected chi connectivity index (χ1v) is 8.66. The van der Waals surface area contributed by atoms with Crippen molar-refractivity contribution in [2.75, 3.05) is 5.32 Å². The molecule has 4 rings (SSSR count). The van der Waals surface area contributed by atoms with E-state index in [4.69, 9.17) is 10.3 Å². The minimum absolute atomic E-state index is 0.0213. The number of anilines is 1. The highest BCUT2D eigenvalue weighted by molar-refractivity contribution is 6.03. The molecule has 1 aliphatic heterocycles. The second-order valence-corrected chi connectivity index (χ2v) is 6.35. The number of aliphatic hydroxyl groups is 1. The zero-order valence-corrected chi connectivity index (χ0v) is 15.1. The Kier molecular flexibility index (Phi) is 4.98. The molecule has 1 aliphatic rings. The normalized spacial score (nSPS) is 23.1. The third-order valence-corrected chi connectivity index (χ3v) is 4.52. The van der Waals surface area contributed by atoms with E-state index in [2.05, 4.69) is 30.3 Å². The molecule has 1 aromatic carbocycles. The monoisotopic (exact) mass is 410 g/mol. The number of carbonyl (C=O) groups excluding carboxylic acids is 1. The molecule has 1 amide bonds. The third-order valence-electron chi connectivity index (χ3n) is 4.52. The van der Waals surface area contributed by atoms with Crippen LogP contribution in [0.3, 0.4) is 0 Å². The summed E-state index contributed by atoms with van der Waals surface area (Å²) in [4.78, 5) is 38.7. The smallest absolute Gasteiger partial charge is 0.333 e. The number of carbonyl (C=O) groups is 2. The van der Waals surface area contributed by atoms with E-state index in [1.807, 2.05) is 0 Å². The second-order valence-electron chi connectivity index (χ2n) is 6.35. The molecule has 0 bridgehead atoms. The third kappa shape index (κ3) is 3.39. The van der Waals surface area contributed by atoms with Gasteiger partial charge in [0.25, 0.3) is 5.91 Å². The number of amides is 1. The van der Waals surface area contributed by atoms with Crippen molar-refractivity contribution in [3.8, 4) is 0 Å². The fourth-order valence-electron chi connectivity index (χ4n) is 3.12. The standard InChI is InChI=1S/C17H14N8O5/c18-24-23-10-11(26)15(30-12(10)16(28)29)25-7-20-9-6-19-17(21-13(9)25)22-14(27)8-4-2-1-3-5-8/h1-7,10-12,15,26H,(H,28,29)(H,19,21,22,27)/t10-,11+,12-,15+/m0/s1. The van der Waals surface area contributed by atoms with Gasteiger partial charge in [0.2, 0.25) is 5.95 Å². The number of imidazole rings is 1. The Hall–Kier alpha value is -4.06. The Morgan fingerprint density at radius 2 is 2.03 bits per heavy atom. The Morgan fingerprint density at radius 3 is 2.73 bits per heavy atom. The van der Waals surface area contributed by atoms with E-state index in [1.54, 1.807) is 30.3 Å². The molecule has 0 saturated carbocycles. The minimum Gasteiger partial charge on any atom is -0.479 e. The molecule has 3 heterocycles. The highest BCUT2D eigenvalue weighted by atomic mass is 16.6. The van der Waals surface area contributed by atoms with Crippen molar-refractivity contribution in [3.05, 3.63) is 58.9 Å². The van der Waals surface area contributed by atoms with Crippen LogP contribution in [-0.2, 0) is 9.53 Å². The maximum atomic E-state index is 12.3. The topological polar surface area (TPSA) is 188 Å². The van der Waals surface area contributed by atoms with Crippen molar-refractivity contribution < 1.29 is 24.5 Å². The van der Waals surface area contributed by atoms with Crippen molar-refractivity contribution in [1.29, 1.82) is 0 Å². The zero-order valence-electron chi connectivity index (χ0n) is 15.1. The quantitative estimate of drug-likeness (QED) is 0.316. The Labute approximate surface area is 167 Å². The second kappa shape index (κ2) is 7.75. The van der Waals surface area contributed by atoms with Gasteiger partial charge in [0, 0.05) is 10.5 Å². The molecule has 0 unspecified atom stereocenters. The van der Waals surface area contributed by atoms with Crippen molar-refractivity contribution in [3.63, 3.8) is 0 Å². The first-order chi connectivity index (χ1) is 14.5. The van der Waals surface area contributed by atoms with Crippen LogP contribution in [0, 0.1) is 0 Å². The lowest BCUT2D eigenvalue weighted by atomic mass is 10.1. The fraction of sp³-hybridized carbons (Fsp3) is 0.235. The molecule has 0 spiro atoms. The first kappa shape index (κ1) is 19.3. The van der Waals surface area contributed by atoms with E-state index in [9.17, 15) is 19.8 Å². The number of azide groups is 1. The van der Waals surface area contributed by atoms with E-state index in [0.717, 1.165) is 0 Å². The number of fused-ring (bicyclic) bond motifs is 1.